The maximum absolute atomic E-state index is 10.7. The molecule has 98 valence electrons. The first-order valence-electron chi connectivity index (χ1n) is 5.68. The lowest BCUT2D eigenvalue weighted by atomic mass is 10.2. The van der Waals surface area contributed by atoms with Gasteiger partial charge in [-0.15, -0.1) is 11.8 Å². The summed E-state index contributed by atoms with van der Waals surface area (Å²) in [6.07, 6.45) is 0. The predicted octanol–water partition coefficient (Wildman–Crippen LogP) is 4.85. The summed E-state index contributed by atoms with van der Waals surface area (Å²) in [5.41, 5.74) is 2.06. The van der Waals surface area contributed by atoms with Crippen molar-refractivity contribution < 1.29 is 4.92 Å². The first-order chi connectivity index (χ1) is 9.06. The Labute approximate surface area is 120 Å². The molecule has 19 heavy (non-hydrogen) atoms. The van der Waals surface area contributed by atoms with Gasteiger partial charge in [0.2, 0.25) is 0 Å². The van der Waals surface area contributed by atoms with Crippen molar-refractivity contribution in [2.75, 3.05) is 0 Å². The summed E-state index contributed by atoms with van der Waals surface area (Å²) in [6.45, 7) is 2.03. The van der Waals surface area contributed by atoms with Gasteiger partial charge in [0.15, 0.2) is 0 Å². The molecule has 0 aliphatic carbocycles. The summed E-state index contributed by atoms with van der Waals surface area (Å²) in [7, 11) is 0. The molecule has 0 fully saturated rings. The first-order valence-corrected chi connectivity index (χ1v) is 7.05. The molecule has 3 nitrogen and oxygen atoms in total. The molecular formula is C14H12ClNO2S. The highest BCUT2D eigenvalue weighted by Gasteiger charge is 2.09. The standard InChI is InChI=1S/C14H12ClNO2S/c1-10-2-5-13(6-3-10)19-9-11-8-12(16(17)18)4-7-14(11)15/h2-8H,9H2,1H3. The molecule has 0 spiro atoms. The van der Waals surface area contributed by atoms with Crippen LogP contribution in [0.4, 0.5) is 5.69 Å². The number of halogens is 1. The first kappa shape index (κ1) is 13.9. The maximum Gasteiger partial charge on any atom is 0.269 e. The molecule has 0 aromatic heterocycles. The van der Waals surface area contributed by atoms with E-state index in [2.05, 4.69) is 0 Å². The molecule has 2 rings (SSSR count). The molecule has 0 bridgehead atoms. The van der Waals surface area contributed by atoms with E-state index in [-0.39, 0.29) is 5.69 Å². The Bertz CT molecular complexity index is 599. The minimum Gasteiger partial charge on any atom is -0.258 e. The molecule has 0 N–H and O–H groups in total. The Kier molecular flexibility index (Phi) is 4.45. The number of nitrogens with zero attached hydrogens (tertiary/aromatic N) is 1. The van der Waals surface area contributed by atoms with Gasteiger partial charge in [-0.2, -0.15) is 0 Å². The summed E-state index contributed by atoms with van der Waals surface area (Å²) in [6, 6.07) is 12.7. The lowest BCUT2D eigenvalue weighted by Gasteiger charge is -2.05. The lowest BCUT2D eigenvalue weighted by Crippen LogP contribution is -1.90. The van der Waals surface area contributed by atoms with Crippen LogP contribution in [0.1, 0.15) is 11.1 Å². The highest BCUT2D eigenvalue weighted by atomic mass is 35.5. The number of thioether (sulfide) groups is 1. The number of benzene rings is 2. The Hall–Kier alpha value is -1.52. The Morgan fingerprint density at radius 2 is 1.89 bits per heavy atom. The zero-order valence-electron chi connectivity index (χ0n) is 10.3. The van der Waals surface area contributed by atoms with Crippen LogP contribution >= 0.6 is 23.4 Å². The van der Waals surface area contributed by atoms with Gasteiger partial charge in [0.1, 0.15) is 0 Å². The van der Waals surface area contributed by atoms with Gasteiger partial charge in [-0.1, -0.05) is 29.3 Å². The molecule has 2 aromatic rings. The Morgan fingerprint density at radius 3 is 2.53 bits per heavy atom. The van der Waals surface area contributed by atoms with Crippen molar-refractivity contribution in [1.82, 2.24) is 0 Å². The Balaban J connectivity index is 2.12. The average Bonchev–Trinajstić information content (AvgIpc) is 2.39. The van der Waals surface area contributed by atoms with E-state index in [4.69, 9.17) is 11.6 Å². The largest absolute Gasteiger partial charge is 0.269 e. The van der Waals surface area contributed by atoms with Gasteiger partial charge in [-0.05, 0) is 30.7 Å². The molecule has 0 atom stereocenters. The number of hydrogen-bond acceptors (Lipinski definition) is 3. The van der Waals surface area contributed by atoms with Crippen LogP contribution in [-0.4, -0.2) is 4.92 Å². The minimum absolute atomic E-state index is 0.0731. The van der Waals surface area contributed by atoms with Crippen LogP contribution < -0.4 is 0 Å². The van der Waals surface area contributed by atoms with Crippen LogP contribution in [0.5, 0.6) is 0 Å². The molecule has 0 unspecified atom stereocenters. The third-order valence-electron chi connectivity index (χ3n) is 2.66. The number of hydrogen-bond donors (Lipinski definition) is 0. The van der Waals surface area contributed by atoms with E-state index in [1.165, 1.54) is 17.7 Å². The minimum atomic E-state index is -0.406. The van der Waals surface area contributed by atoms with Gasteiger partial charge >= 0.3 is 0 Å². The smallest absolute Gasteiger partial charge is 0.258 e. The summed E-state index contributed by atoms with van der Waals surface area (Å²) >= 11 is 7.67. The van der Waals surface area contributed by atoms with Gasteiger partial charge in [0.25, 0.3) is 5.69 Å². The van der Waals surface area contributed by atoms with Crippen molar-refractivity contribution in [1.29, 1.82) is 0 Å². The normalized spacial score (nSPS) is 10.4. The molecular weight excluding hydrogens is 282 g/mol. The molecule has 0 radical (unpaired) electrons. The summed E-state index contributed by atoms with van der Waals surface area (Å²) in [5, 5.41) is 11.3. The van der Waals surface area contributed by atoms with Crippen LogP contribution in [0.2, 0.25) is 5.02 Å². The Morgan fingerprint density at radius 1 is 1.21 bits per heavy atom. The van der Waals surface area contributed by atoms with E-state index in [9.17, 15) is 10.1 Å². The third kappa shape index (κ3) is 3.72. The van der Waals surface area contributed by atoms with Gasteiger partial charge in [0, 0.05) is 27.8 Å². The fourth-order valence-electron chi connectivity index (χ4n) is 1.58. The van der Waals surface area contributed by atoms with Crippen LogP contribution in [0, 0.1) is 17.0 Å². The molecule has 0 heterocycles. The average molecular weight is 294 g/mol. The van der Waals surface area contributed by atoms with Crippen molar-refractivity contribution in [2.24, 2.45) is 0 Å². The van der Waals surface area contributed by atoms with E-state index >= 15 is 0 Å². The van der Waals surface area contributed by atoms with Gasteiger partial charge in [-0.25, -0.2) is 0 Å². The number of aryl methyl sites for hydroxylation is 1. The number of nitro groups is 1. The zero-order valence-corrected chi connectivity index (χ0v) is 11.9. The monoisotopic (exact) mass is 293 g/mol. The SMILES string of the molecule is Cc1ccc(SCc2cc([N+](=O)[O-])ccc2Cl)cc1. The van der Waals surface area contributed by atoms with Crippen molar-refractivity contribution >= 4 is 29.1 Å². The number of nitro benzene ring substituents is 1. The van der Waals surface area contributed by atoms with Gasteiger partial charge in [0.05, 0.1) is 4.92 Å². The van der Waals surface area contributed by atoms with E-state index in [0.717, 1.165) is 10.5 Å². The summed E-state index contributed by atoms with van der Waals surface area (Å²) in [5.74, 6) is 0.615. The molecule has 5 heteroatoms. The van der Waals surface area contributed by atoms with Crippen LogP contribution in [0.3, 0.4) is 0 Å². The summed E-state index contributed by atoms with van der Waals surface area (Å²) < 4.78 is 0. The fraction of sp³-hybridized carbons (Fsp3) is 0.143. The van der Waals surface area contributed by atoms with E-state index in [0.29, 0.717) is 10.8 Å². The van der Waals surface area contributed by atoms with Gasteiger partial charge < -0.3 is 0 Å². The predicted molar refractivity (Wildman–Crippen MR) is 78.8 cm³/mol. The van der Waals surface area contributed by atoms with Crippen molar-refractivity contribution in [3.8, 4) is 0 Å². The quantitative estimate of drug-likeness (QED) is 0.460. The molecule has 0 saturated carbocycles. The maximum atomic E-state index is 10.7. The van der Waals surface area contributed by atoms with E-state index in [1.807, 2.05) is 31.2 Å². The molecule has 0 amide bonds. The molecule has 0 aliphatic rings. The third-order valence-corrected chi connectivity index (χ3v) is 4.09. The van der Waals surface area contributed by atoms with E-state index < -0.39 is 4.92 Å². The van der Waals surface area contributed by atoms with Crippen LogP contribution in [0.15, 0.2) is 47.4 Å². The van der Waals surface area contributed by atoms with Gasteiger partial charge in [-0.3, -0.25) is 10.1 Å². The van der Waals surface area contributed by atoms with Crippen LogP contribution in [-0.2, 0) is 5.75 Å². The highest BCUT2D eigenvalue weighted by Crippen LogP contribution is 2.29. The molecule has 2 aromatic carbocycles. The molecule has 0 aliphatic heterocycles. The second kappa shape index (κ2) is 6.08. The highest BCUT2D eigenvalue weighted by molar-refractivity contribution is 7.98. The number of non-ortho nitro benzene ring substituents is 1. The lowest BCUT2D eigenvalue weighted by molar-refractivity contribution is -0.384. The second-order valence-electron chi connectivity index (χ2n) is 4.13. The second-order valence-corrected chi connectivity index (χ2v) is 5.59. The molecule has 0 saturated heterocycles. The van der Waals surface area contributed by atoms with Crippen molar-refractivity contribution in [3.05, 3.63) is 68.7 Å². The van der Waals surface area contributed by atoms with Crippen molar-refractivity contribution in [2.45, 2.75) is 17.6 Å². The fourth-order valence-corrected chi connectivity index (χ4v) is 2.73. The number of rotatable bonds is 4. The van der Waals surface area contributed by atoms with Crippen molar-refractivity contribution in [3.63, 3.8) is 0 Å². The zero-order chi connectivity index (χ0) is 13.8. The summed E-state index contributed by atoms with van der Waals surface area (Å²) in [4.78, 5) is 11.4. The topological polar surface area (TPSA) is 43.1 Å². The van der Waals surface area contributed by atoms with E-state index in [1.54, 1.807) is 17.8 Å². The van der Waals surface area contributed by atoms with Crippen LogP contribution in [0.25, 0.3) is 0 Å².